The molecule has 0 radical (unpaired) electrons. The van der Waals surface area contributed by atoms with Gasteiger partial charge >= 0.3 is 0 Å². The lowest BCUT2D eigenvalue weighted by Gasteiger charge is -2.40. The predicted molar refractivity (Wildman–Crippen MR) is 72.8 cm³/mol. The monoisotopic (exact) mass is 250 g/mol. The molecule has 1 aliphatic rings. The Bertz CT molecular complexity index is 381. The average molecular weight is 250 g/mol. The molecule has 1 aliphatic heterocycles. The zero-order valence-electron chi connectivity index (χ0n) is 11.1. The Morgan fingerprint density at radius 2 is 2.28 bits per heavy atom. The molecule has 1 aromatic carbocycles. The fourth-order valence-electron chi connectivity index (χ4n) is 3.06. The maximum atomic E-state index is 13.4. The van der Waals surface area contributed by atoms with Crippen molar-refractivity contribution in [3.05, 3.63) is 35.6 Å². The van der Waals surface area contributed by atoms with Crippen LogP contribution in [0.4, 0.5) is 4.39 Å². The molecule has 100 valence electrons. The van der Waals surface area contributed by atoms with Crippen LogP contribution in [-0.4, -0.2) is 24.0 Å². The fourth-order valence-corrected chi connectivity index (χ4v) is 3.06. The summed E-state index contributed by atoms with van der Waals surface area (Å²) in [6.45, 7) is 3.94. The van der Waals surface area contributed by atoms with E-state index in [1.54, 1.807) is 12.1 Å². The number of nitrogens with zero attached hydrogens (tertiary/aromatic N) is 1. The van der Waals surface area contributed by atoms with Crippen molar-refractivity contribution in [3.8, 4) is 0 Å². The molecule has 0 spiro atoms. The summed E-state index contributed by atoms with van der Waals surface area (Å²) in [4.78, 5) is 2.47. The number of hydrogen-bond donors (Lipinski definition) is 1. The van der Waals surface area contributed by atoms with Crippen LogP contribution < -0.4 is 5.73 Å². The van der Waals surface area contributed by atoms with Crippen molar-refractivity contribution in [2.24, 2.45) is 5.73 Å². The Labute approximate surface area is 109 Å². The zero-order chi connectivity index (χ0) is 13.0. The molecule has 2 N–H and O–H groups in total. The molecule has 2 rings (SSSR count). The molecule has 0 bridgehead atoms. The molecule has 0 amide bonds. The molecule has 2 nitrogen and oxygen atoms in total. The molecule has 1 aromatic rings. The number of piperidine rings is 1. The summed E-state index contributed by atoms with van der Waals surface area (Å²) < 4.78 is 13.4. The Hall–Kier alpha value is -0.930. The lowest BCUT2D eigenvalue weighted by molar-refractivity contribution is 0.0958. The highest BCUT2D eigenvalue weighted by molar-refractivity contribution is 5.20. The quantitative estimate of drug-likeness (QED) is 0.889. The van der Waals surface area contributed by atoms with Crippen LogP contribution >= 0.6 is 0 Å². The SMILES string of the molecule is CCC(c1cccc(F)c1)N1CCCCC1CN. The Kier molecular flexibility index (Phi) is 4.72. The summed E-state index contributed by atoms with van der Waals surface area (Å²) in [5.74, 6) is -0.146. The van der Waals surface area contributed by atoms with Crippen LogP contribution in [0.15, 0.2) is 24.3 Å². The van der Waals surface area contributed by atoms with E-state index in [-0.39, 0.29) is 5.82 Å². The lowest BCUT2D eigenvalue weighted by Crippen LogP contribution is -2.45. The van der Waals surface area contributed by atoms with Gasteiger partial charge in [0.15, 0.2) is 0 Å². The van der Waals surface area contributed by atoms with E-state index in [0.717, 1.165) is 18.5 Å². The molecule has 1 heterocycles. The van der Waals surface area contributed by atoms with Gasteiger partial charge < -0.3 is 5.73 Å². The van der Waals surface area contributed by atoms with Gasteiger partial charge in [-0.2, -0.15) is 0 Å². The second-order valence-corrected chi connectivity index (χ2v) is 5.10. The Morgan fingerprint density at radius 3 is 2.94 bits per heavy atom. The smallest absolute Gasteiger partial charge is 0.123 e. The molecular weight excluding hydrogens is 227 g/mol. The highest BCUT2D eigenvalue weighted by Crippen LogP contribution is 2.30. The van der Waals surface area contributed by atoms with Crippen LogP contribution in [0.2, 0.25) is 0 Å². The average Bonchev–Trinajstić information content (AvgIpc) is 2.40. The van der Waals surface area contributed by atoms with E-state index in [9.17, 15) is 4.39 Å². The minimum absolute atomic E-state index is 0.146. The van der Waals surface area contributed by atoms with Gasteiger partial charge in [0.1, 0.15) is 5.82 Å². The van der Waals surface area contributed by atoms with Crippen molar-refractivity contribution < 1.29 is 4.39 Å². The topological polar surface area (TPSA) is 29.3 Å². The zero-order valence-corrected chi connectivity index (χ0v) is 11.1. The number of nitrogens with two attached hydrogens (primary N) is 1. The van der Waals surface area contributed by atoms with Crippen molar-refractivity contribution in [1.29, 1.82) is 0 Å². The third-order valence-corrected chi connectivity index (χ3v) is 3.97. The van der Waals surface area contributed by atoms with Gasteiger partial charge in [0.05, 0.1) is 0 Å². The second kappa shape index (κ2) is 6.30. The van der Waals surface area contributed by atoms with E-state index < -0.39 is 0 Å². The molecular formula is C15H23FN2. The van der Waals surface area contributed by atoms with Crippen LogP contribution in [0.25, 0.3) is 0 Å². The Morgan fingerprint density at radius 1 is 1.44 bits per heavy atom. The summed E-state index contributed by atoms with van der Waals surface area (Å²) in [6.07, 6.45) is 4.66. The first kappa shape index (κ1) is 13.5. The number of halogens is 1. The first-order valence-electron chi connectivity index (χ1n) is 6.97. The first-order valence-corrected chi connectivity index (χ1v) is 6.97. The first-order chi connectivity index (χ1) is 8.76. The van der Waals surface area contributed by atoms with E-state index >= 15 is 0 Å². The highest BCUT2D eigenvalue weighted by Gasteiger charge is 2.27. The molecule has 1 fully saturated rings. The number of rotatable bonds is 4. The Balaban J connectivity index is 2.21. The maximum absolute atomic E-state index is 13.4. The van der Waals surface area contributed by atoms with E-state index in [1.807, 2.05) is 6.07 Å². The van der Waals surface area contributed by atoms with Gasteiger partial charge in [-0.05, 0) is 43.5 Å². The van der Waals surface area contributed by atoms with E-state index in [2.05, 4.69) is 11.8 Å². The van der Waals surface area contributed by atoms with Crippen molar-refractivity contribution in [2.45, 2.75) is 44.7 Å². The van der Waals surface area contributed by atoms with Crippen molar-refractivity contribution in [1.82, 2.24) is 4.90 Å². The van der Waals surface area contributed by atoms with Crippen LogP contribution in [-0.2, 0) is 0 Å². The minimum Gasteiger partial charge on any atom is -0.329 e. The lowest BCUT2D eigenvalue weighted by atomic mass is 9.95. The standard InChI is InChI=1S/C15H23FN2/c1-2-15(12-6-5-7-13(16)10-12)18-9-4-3-8-14(18)11-17/h5-7,10,14-15H,2-4,8-9,11,17H2,1H3. The molecule has 0 aromatic heterocycles. The molecule has 2 unspecified atom stereocenters. The summed E-state index contributed by atoms with van der Waals surface area (Å²) in [5.41, 5.74) is 6.96. The van der Waals surface area contributed by atoms with Gasteiger partial charge in [-0.15, -0.1) is 0 Å². The number of hydrogen-bond acceptors (Lipinski definition) is 2. The summed E-state index contributed by atoms with van der Waals surface area (Å²) >= 11 is 0. The second-order valence-electron chi connectivity index (χ2n) is 5.10. The molecule has 3 heteroatoms. The van der Waals surface area contributed by atoms with Gasteiger partial charge in [0.25, 0.3) is 0 Å². The molecule has 2 atom stereocenters. The molecule has 18 heavy (non-hydrogen) atoms. The van der Waals surface area contributed by atoms with Gasteiger partial charge in [-0.3, -0.25) is 4.90 Å². The third-order valence-electron chi connectivity index (χ3n) is 3.97. The van der Waals surface area contributed by atoms with Crippen molar-refractivity contribution in [2.75, 3.05) is 13.1 Å². The predicted octanol–water partition coefficient (Wildman–Crippen LogP) is 3.09. The van der Waals surface area contributed by atoms with Crippen molar-refractivity contribution >= 4 is 0 Å². The van der Waals surface area contributed by atoms with E-state index in [0.29, 0.717) is 18.6 Å². The van der Waals surface area contributed by atoms with Crippen LogP contribution in [0.5, 0.6) is 0 Å². The molecule has 0 saturated carbocycles. The summed E-state index contributed by atoms with van der Waals surface area (Å²) in [6, 6.07) is 7.75. The number of benzene rings is 1. The normalized spacial score (nSPS) is 22.9. The van der Waals surface area contributed by atoms with E-state index in [1.165, 1.54) is 25.3 Å². The summed E-state index contributed by atoms with van der Waals surface area (Å²) in [7, 11) is 0. The van der Waals surface area contributed by atoms with Crippen LogP contribution in [0, 0.1) is 5.82 Å². The third kappa shape index (κ3) is 2.90. The van der Waals surface area contributed by atoms with Crippen LogP contribution in [0.1, 0.15) is 44.2 Å². The van der Waals surface area contributed by atoms with Gasteiger partial charge in [-0.25, -0.2) is 4.39 Å². The highest BCUT2D eigenvalue weighted by atomic mass is 19.1. The fraction of sp³-hybridized carbons (Fsp3) is 0.600. The summed E-state index contributed by atoms with van der Waals surface area (Å²) in [5, 5.41) is 0. The van der Waals surface area contributed by atoms with Gasteiger partial charge in [0, 0.05) is 18.6 Å². The van der Waals surface area contributed by atoms with Crippen molar-refractivity contribution in [3.63, 3.8) is 0 Å². The van der Waals surface area contributed by atoms with Gasteiger partial charge in [0.2, 0.25) is 0 Å². The van der Waals surface area contributed by atoms with Crippen LogP contribution in [0.3, 0.4) is 0 Å². The van der Waals surface area contributed by atoms with Gasteiger partial charge in [-0.1, -0.05) is 25.5 Å². The molecule has 1 saturated heterocycles. The maximum Gasteiger partial charge on any atom is 0.123 e. The molecule has 0 aliphatic carbocycles. The van der Waals surface area contributed by atoms with E-state index in [4.69, 9.17) is 5.73 Å². The number of likely N-dealkylation sites (tertiary alicyclic amines) is 1. The largest absolute Gasteiger partial charge is 0.329 e. The minimum atomic E-state index is -0.146.